The van der Waals surface area contributed by atoms with E-state index in [2.05, 4.69) is 15.7 Å². The van der Waals surface area contributed by atoms with Crippen LogP contribution in [0.4, 0.5) is 4.79 Å². The minimum absolute atomic E-state index is 0.0193. The highest BCUT2D eigenvalue weighted by molar-refractivity contribution is 5.86. The van der Waals surface area contributed by atoms with Crippen molar-refractivity contribution in [3.63, 3.8) is 0 Å². The molecule has 2 rings (SSSR count). The maximum atomic E-state index is 11.9. The molecule has 7 nitrogen and oxygen atoms in total. The van der Waals surface area contributed by atoms with Crippen LogP contribution in [-0.2, 0) is 18.4 Å². The third kappa shape index (κ3) is 2.76. The fourth-order valence-electron chi connectivity index (χ4n) is 2.16. The Morgan fingerprint density at radius 3 is 2.65 bits per heavy atom. The number of nitrogens with zero attached hydrogens (tertiary/aromatic N) is 2. The molecule has 1 aliphatic rings. The number of carboxylic acids is 1. The van der Waals surface area contributed by atoms with Crippen molar-refractivity contribution in [3.05, 3.63) is 17.5 Å². The zero-order chi connectivity index (χ0) is 14.9. The van der Waals surface area contributed by atoms with Crippen molar-refractivity contribution in [2.75, 3.05) is 0 Å². The van der Waals surface area contributed by atoms with Crippen LogP contribution in [-0.4, -0.2) is 32.4 Å². The van der Waals surface area contributed by atoms with Crippen LogP contribution in [0.1, 0.15) is 31.0 Å². The van der Waals surface area contributed by atoms with E-state index in [9.17, 15) is 14.7 Å². The first-order chi connectivity index (χ1) is 9.34. The van der Waals surface area contributed by atoms with Gasteiger partial charge in [-0.05, 0) is 32.6 Å². The van der Waals surface area contributed by atoms with Crippen LogP contribution in [0.5, 0.6) is 0 Å². The van der Waals surface area contributed by atoms with E-state index < -0.39 is 17.5 Å². The number of rotatable bonds is 5. The van der Waals surface area contributed by atoms with Gasteiger partial charge in [-0.15, -0.1) is 0 Å². The molecule has 20 heavy (non-hydrogen) atoms. The lowest BCUT2D eigenvalue weighted by Gasteiger charge is -2.26. The van der Waals surface area contributed by atoms with Crippen LogP contribution in [0.15, 0.2) is 6.20 Å². The fraction of sp³-hybridized carbons (Fsp3) is 0.615. The minimum atomic E-state index is -1.19. The van der Waals surface area contributed by atoms with Crippen molar-refractivity contribution in [2.24, 2.45) is 13.0 Å². The Labute approximate surface area is 117 Å². The van der Waals surface area contributed by atoms with Gasteiger partial charge in [-0.2, -0.15) is 5.10 Å². The third-order valence-corrected chi connectivity index (χ3v) is 3.99. The fourth-order valence-corrected chi connectivity index (χ4v) is 2.16. The predicted molar refractivity (Wildman–Crippen MR) is 72.1 cm³/mol. The molecule has 0 radical (unpaired) electrons. The molecule has 0 spiro atoms. The lowest BCUT2D eigenvalue weighted by atomic mass is 9.96. The molecule has 0 bridgehead atoms. The van der Waals surface area contributed by atoms with Gasteiger partial charge in [-0.3, -0.25) is 4.68 Å². The third-order valence-electron chi connectivity index (χ3n) is 3.99. The van der Waals surface area contributed by atoms with E-state index in [1.165, 1.54) is 0 Å². The van der Waals surface area contributed by atoms with Gasteiger partial charge >= 0.3 is 12.0 Å². The number of hydrogen-bond donors (Lipinski definition) is 3. The Bertz CT molecular complexity index is 536. The van der Waals surface area contributed by atoms with E-state index in [4.69, 9.17) is 0 Å². The average Bonchev–Trinajstić information content (AvgIpc) is 3.17. The van der Waals surface area contributed by atoms with Crippen LogP contribution in [0.2, 0.25) is 0 Å². The molecule has 0 aromatic carbocycles. The number of urea groups is 1. The Kier molecular flexibility index (Phi) is 3.69. The highest BCUT2D eigenvalue weighted by Crippen LogP contribution is 2.39. The molecular formula is C13H20N4O3. The quantitative estimate of drug-likeness (QED) is 0.742. The second-order valence-electron chi connectivity index (χ2n) is 5.47. The maximum Gasteiger partial charge on any atom is 0.329 e. The number of aryl methyl sites for hydroxylation is 1. The van der Waals surface area contributed by atoms with E-state index >= 15 is 0 Å². The number of aromatic nitrogens is 2. The summed E-state index contributed by atoms with van der Waals surface area (Å²) in [5.41, 5.74) is 0.688. The second-order valence-corrected chi connectivity index (χ2v) is 5.47. The van der Waals surface area contributed by atoms with Crippen LogP contribution in [0, 0.1) is 12.8 Å². The summed E-state index contributed by atoms with van der Waals surface area (Å²) >= 11 is 0. The maximum absolute atomic E-state index is 11.9. The first-order valence-corrected chi connectivity index (χ1v) is 6.61. The highest BCUT2D eigenvalue weighted by atomic mass is 16.4. The first kappa shape index (κ1) is 14.4. The van der Waals surface area contributed by atoms with Crippen molar-refractivity contribution < 1.29 is 14.7 Å². The summed E-state index contributed by atoms with van der Waals surface area (Å²) in [7, 11) is 1.83. The summed E-state index contributed by atoms with van der Waals surface area (Å²) in [4.78, 5) is 23.2. The molecule has 1 aliphatic carbocycles. The smallest absolute Gasteiger partial charge is 0.329 e. The SMILES string of the molecule is Cc1c(CNC(=O)NC(C)(C(=O)O)C2CC2)cnn1C. The summed E-state index contributed by atoms with van der Waals surface area (Å²) in [6.45, 7) is 3.79. The molecule has 1 saturated carbocycles. The average molecular weight is 280 g/mol. The molecule has 0 saturated heterocycles. The van der Waals surface area contributed by atoms with E-state index in [0.717, 1.165) is 24.1 Å². The lowest BCUT2D eigenvalue weighted by Crippen LogP contribution is -2.56. The molecule has 2 amide bonds. The Hall–Kier alpha value is -2.05. The lowest BCUT2D eigenvalue weighted by molar-refractivity contribution is -0.144. The summed E-state index contributed by atoms with van der Waals surface area (Å²) < 4.78 is 1.72. The minimum Gasteiger partial charge on any atom is -0.480 e. The molecule has 7 heteroatoms. The highest BCUT2D eigenvalue weighted by Gasteiger charge is 2.48. The van der Waals surface area contributed by atoms with Crippen molar-refractivity contribution >= 4 is 12.0 Å². The largest absolute Gasteiger partial charge is 0.480 e. The second kappa shape index (κ2) is 5.15. The summed E-state index contributed by atoms with van der Waals surface area (Å²) in [5, 5.41) is 18.6. The standard InChI is InChI=1S/C13H20N4O3/c1-8-9(7-15-17(8)3)6-14-12(20)16-13(2,11(18)19)10-4-5-10/h7,10H,4-6H2,1-3H3,(H,18,19)(H2,14,16,20). The number of amides is 2. The van der Waals surface area contributed by atoms with Crippen molar-refractivity contribution in [1.29, 1.82) is 0 Å². The Balaban J connectivity index is 1.92. The van der Waals surface area contributed by atoms with Crippen LogP contribution in [0.3, 0.4) is 0 Å². The molecule has 0 aliphatic heterocycles. The molecule has 110 valence electrons. The summed E-state index contributed by atoms with van der Waals surface area (Å²) in [6, 6.07) is -0.468. The predicted octanol–water partition coefficient (Wildman–Crippen LogP) is 0.781. The monoisotopic (exact) mass is 280 g/mol. The summed E-state index contributed by atoms with van der Waals surface area (Å²) in [5.74, 6) is -0.974. The topological polar surface area (TPSA) is 96.2 Å². The van der Waals surface area contributed by atoms with Crippen LogP contribution in [0.25, 0.3) is 0 Å². The van der Waals surface area contributed by atoms with Crippen LogP contribution < -0.4 is 10.6 Å². The van der Waals surface area contributed by atoms with Gasteiger partial charge in [0.25, 0.3) is 0 Å². The van der Waals surface area contributed by atoms with E-state index in [-0.39, 0.29) is 5.92 Å². The molecule has 1 aromatic rings. The molecular weight excluding hydrogens is 260 g/mol. The number of carbonyl (C=O) groups is 2. The molecule has 1 aromatic heterocycles. The van der Waals surface area contributed by atoms with Gasteiger partial charge in [0.05, 0.1) is 6.20 Å². The van der Waals surface area contributed by atoms with Gasteiger partial charge < -0.3 is 15.7 Å². The van der Waals surface area contributed by atoms with E-state index in [1.807, 2.05) is 14.0 Å². The first-order valence-electron chi connectivity index (χ1n) is 6.61. The molecule has 1 fully saturated rings. The molecule has 1 heterocycles. The Morgan fingerprint density at radius 1 is 1.55 bits per heavy atom. The number of aliphatic carboxylic acids is 1. The normalized spacial score (nSPS) is 17.4. The number of carbonyl (C=O) groups excluding carboxylic acids is 1. The van der Waals surface area contributed by atoms with Gasteiger partial charge in [0.15, 0.2) is 0 Å². The number of hydrogen-bond acceptors (Lipinski definition) is 3. The van der Waals surface area contributed by atoms with E-state index in [0.29, 0.717) is 6.54 Å². The number of nitrogens with one attached hydrogen (secondary N) is 2. The molecule has 1 atom stereocenters. The molecule has 3 N–H and O–H groups in total. The van der Waals surface area contributed by atoms with Crippen molar-refractivity contribution in [2.45, 2.75) is 38.8 Å². The van der Waals surface area contributed by atoms with Gasteiger partial charge in [0, 0.05) is 24.8 Å². The summed E-state index contributed by atoms with van der Waals surface area (Å²) in [6.07, 6.45) is 3.36. The number of carboxylic acid groups (broad SMARTS) is 1. The molecule has 1 unspecified atom stereocenters. The van der Waals surface area contributed by atoms with Gasteiger partial charge in [-0.25, -0.2) is 9.59 Å². The van der Waals surface area contributed by atoms with Crippen molar-refractivity contribution in [3.8, 4) is 0 Å². The Morgan fingerprint density at radius 2 is 2.20 bits per heavy atom. The van der Waals surface area contributed by atoms with Crippen LogP contribution >= 0.6 is 0 Å². The van der Waals surface area contributed by atoms with Crippen molar-refractivity contribution in [1.82, 2.24) is 20.4 Å². The van der Waals surface area contributed by atoms with Gasteiger partial charge in [0.1, 0.15) is 5.54 Å². The zero-order valence-electron chi connectivity index (χ0n) is 11.9. The zero-order valence-corrected chi connectivity index (χ0v) is 11.9. The van der Waals surface area contributed by atoms with E-state index in [1.54, 1.807) is 17.8 Å². The van der Waals surface area contributed by atoms with Gasteiger partial charge in [0.2, 0.25) is 0 Å². The van der Waals surface area contributed by atoms with Gasteiger partial charge in [-0.1, -0.05) is 0 Å².